The van der Waals surface area contributed by atoms with Gasteiger partial charge in [-0.25, -0.2) is 0 Å². The lowest BCUT2D eigenvalue weighted by Gasteiger charge is -2.18. The molecule has 0 aromatic heterocycles. The number of carbonyl (C=O) groups excluding carboxylic acids is 3. The molecule has 0 N–H and O–H groups in total. The summed E-state index contributed by atoms with van der Waals surface area (Å²) in [5.41, 5.74) is 0. The average molecular weight is 906 g/mol. The second kappa shape index (κ2) is 50.8. The van der Waals surface area contributed by atoms with Crippen LogP contribution in [0.5, 0.6) is 0 Å². The minimum absolute atomic E-state index is 0.0637. The van der Waals surface area contributed by atoms with Crippen LogP contribution in [0.25, 0.3) is 0 Å². The van der Waals surface area contributed by atoms with Crippen molar-refractivity contribution in [2.45, 2.75) is 330 Å². The number of ether oxygens (including phenoxy) is 3. The van der Waals surface area contributed by atoms with Crippen LogP contribution in [0.3, 0.4) is 0 Å². The first-order valence-electron chi connectivity index (χ1n) is 28.8. The van der Waals surface area contributed by atoms with Crippen molar-refractivity contribution in [3.8, 4) is 0 Å². The van der Waals surface area contributed by atoms with E-state index in [1.807, 2.05) is 0 Å². The van der Waals surface area contributed by atoms with Crippen molar-refractivity contribution < 1.29 is 28.6 Å². The Morgan fingerprint density at radius 3 is 0.891 bits per heavy atom. The van der Waals surface area contributed by atoms with Gasteiger partial charge in [0.15, 0.2) is 6.10 Å². The van der Waals surface area contributed by atoms with E-state index in [-0.39, 0.29) is 31.1 Å². The molecular weight excluding hydrogens is 793 g/mol. The van der Waals surface area contributed by atoms with Gasteiger partial charge in [-0.05, 0) is 31.1 Å². The average Bonchev–Trinajstić information content (AvgIpc) is 3.28. The highest BCUT2D eigenvalue weighted by Gasteiger charge is 2.19. The highest BCUT2D eigenvalue weighted by Crippen LogP contribution is 2.18. The van der Waals surface area contributed by atoms with Crippen molar-refractivity contribution in [3.63, 3.8) is 0 Å². The zero-order valence-electron chi connectivity index (χ0n) is 43.9. The molecule has 0 bridgehead atoms. The lowest BCUT2D eigenvalue weighted by molar-refractivity contribution is -0.167. The molecule has 6 nitrogen and oxygen atoms in total. The fraction of sp³-hybridized carbons (Fsp3) is 0.948. The maximum absolute atomic E-state index is 12.8. The van der Waals surface area contributed by atoms with Gasteiger partial charge < -0.3 is 14.2 Å². The summed E-state index contributed by atoms with van der Waals surface area (Å²) in [5, 5.41) is 0. The molecule has 0 aromatic rings. The van der Waals surface area contributed by atoms with Gasteiger partial charge in [0, 0.05) is 19.3 Å². The van der Waals surface area contributed by atoms with E-state index >= 15 is 0 Å². The monoisotopic (exact) mass is 905 g/mol. The van der Waals surface area contributed by atoms with E-state index in [9.17, 15) is 14.4 Å². The summed E-state index contributed by atoms with van der Waals surface area (Å²) < 4.78 is 16.9. The van der Waals surface area contributed by atoms with Crippen molar-refractivity contribution >= 4 is 17.9 Å². The smallest absolute Gasteiger partial charge is 0.306 e. The SMILES string of the molecule is CCCCCCCCCCCCCCCCCCCCC(=O)OC[C@H](COC(=O)CCCCCCCCCCCCCCCCC(C)CC)OC(=O)CCCCCCCCCC(C)C. The highest BCUT2D eigenvalue weighted by molar-refractivity contribution is 5.71. The topological polar surface area (TPSA) is 78.9 Å². The summed E-state index contributed by atoms with van der Waals surface area (Å²) in [5.74, 6) is 0.829. The molecule has 0 aliphatic carbocycles. The van der Waals surface area contributed by atoms with Gasteiger partial charge in [0.1, 0.15) is 13.2 Å². The zero-order chi connectivity index (χ0) is 46.8. The summed E-state index contributed by atoms with van der Waals surface area (Å²) in [4.78, 5) is 38.1. The largest absolute Gasteiger partial charge is 0.462 e. The fourth-order valence-corrected chi connectivity index (χ4v) is 8.84. The van der Waals surface area contributed by atoms with Crippen LogP contribution in [0.1, 0.15) is 324 Å². The fourth-order valence-electron chi connectivity index (χ4n) is 8.84. The van der Waals surface area contributed by atoms with Gasteiger partial charge in [-0.2, -0.15) is 0 Å². The molecule has 0 spiro atoms. The molecule has 0 aliphatic rings. The third-order valence-electron chi connectivity index (χ3n) is 13.6. The van der Waals surface area contributed by atoms with E-state index in [0.717, 1.165) is 69.6 Å². The predicted molar refractivity (Wildman–Crippen MR) is 275 cm³/mol. The molecule has 0 rings (SSSR count). The van der Waals surface area contributed by atoms with Crippen LogP contribution in [-0.2, 0) is 28.6 Å². The van der Waals surface area contributed by atoms with E-state index in [4.69, 9.17) is 14.2 Å². The molecule has 0 aliphatic heterocycles. The first-order valence-corrected chi connectivity index (χ1v) is 28.8. The van der Waals surface area contributed by atoms with Gasteiger partial charge in [0.2, 0.25) is 0 Å². The molecule has 0 saturated heterocycles. The summed E-state index contributed by atoms with van der Waals surface area (Å²) >= 11 is 0. The highest BCUT2D eigenvalue weighted by atomic mass is 16.6. The predicted octanol–water partition coefficient (Wildman–Crippen LogP) is 18.9. The van der Waals surface area contributed by atoms with Crippen LogP contribution in [-0.4, -0.2) is 37.2 Å². The molecule has 2 atom stereocenters. The number of carbonyl (C=O) groups is 3. The Kier molecular flexibility index (Phi) is 49.6. The molecule has 380 valence electrons. The van der Waals surface area contributed by atoms with E-state index in [2.05, 4.69) is 34.6 Å². The van der Waals surface area contributed by atoms with Gasteiger partial charge >= 0.3 is 17.9 Å². The summed E-state index contributed by atoms with van der Waals surface area (Å²) in [6, 6.07) is 0. The van der Waals surface area contributed by atoms with Crippen LogP contribution in [0.15, 0.2) is 0 Å². The lowest BCUT2D eigenvalue weighted by Crippen LogP contribution is -2.30. The number of hydrogen-bond donors (Lipinski definition) is 0. The third kappa shape index (κ3) is 49.8. The second-order valence-electron chi connectivity index (χ2n) is 20.6. The molecular formula is C58H112O6. The maximum atomic E-state index is 12.8. The Morgan fingerprint density at radius 2 is 0.594 bits per heavy atom. The van der Waals surface area contributed by atoms with Gasteiger partial charge in [0.05, 0.1) is 0 Å². The Morgan fingerprint density at radius 1 is 0.328 bits per heavy atom. The molecule has 0 fully saturated rings. The Hall–Kier alpha value is -1.59. The molecule has 64 heavy (non-hydrogen) atoms. The van der Waals surface area contributed by atoms with Crippen LogP contribution >= 0.6 is 0 Å². The van der Waals surface area contributed by atoms with Gasteiger partial charge in [0.25, 0.3) is 0 Å². The minimum atomic E-state index is -0.763. The zero-order valence-corrected chi connectivity index (χ0v) is 43.9. The van der Waals surface area contributed by atoms with Crippen molar-refractivity contribution in [1.29, 1.82) is 0 Å². The first-order chi connectivity index (χ1) is 31.3. The number of rotatable bonds is 52. The summed E-state index contributed by atoms with van der Waals surface area (Å²) in [6.45, 7) is 11.4. The number of unbranched alkanes of at least 4 members (excludes halogenated alkanes) is 36. The first kappa shape index (κ1) is 62.4. The number of esters is 3. The molecule has 0 amide bonds. The minimum Gasteiger partial charge on any atom is -0.462 e. The van der Waals surface area contributed by atoms with Crippen molar-refractivity contribution in [2.24, 2.45) is 11.8 Å². The second-order valence-corrected chi connectivity index (χ2v) is 20.6. The van der Waals surface area contributed by atoms with Gasteiger partial charge in [-0.15, -0.1) is 0 Å². The third-order valence-corrected chi connectivity index (χ3v) is 13.6. The quantitative estimate of drug-likeness (QED) is 0.0344. The molecule has 0 radical (unpaired) electrons. The van der Waals surface area contributed by atoms with Crippen molar-refractivity contribution in [2.75, 3.05) is 13.2 Å². The number of hydrogen-bond acceptors (Lipinski definition) is 6. The van der Waals surface area contributed by atoms with Gasteiger partial charge in [-0.3, -0.25) is 14.4 Å². The Balaban J connectivity index is 4.22. The maximum Gasteiger partial charge on any atom is 0.306 e. The Labute approximate surface area is 399 Å². The van der Waals surface area contributed by atoms with Crippen LogP contribution in [0.4, 0.5) is 0 Å². The molecule has 0 saturated carbocycles. The van der Waals surface area contributed by atoms with Crippen LogP contribution < -0.4 is 0 Å². The van der Waals surface area contributed by atoms with Crippen molar-refractivity contribution in [3.05, 3.63) is 0 Å². The molecule has 6 heteroatoms. The van der Waals surface area contributed by atoms with E-state index in [1.165, 1.54) is 212 Å². The lowest BCUT2D eigenvalue weighted by atomic mass is 9.99. The van der Waals surface area contributed by atoms with Gasteiger partial charge in [-0.1, -0.05) is 285 Å². The van der Waals surface area contributed by atoms with Crippen LogP contribution in [0, 0.1) is 11.8 Å². The molecule has 0 aromatic carbocycles. The Bertz CT molecular complexity index is 980. The van der Waals surface area contributed by atoms with E-state index < -0.39 is 6.10 Å². The molecule has 1 unspecified atom stereocenters. The summed E-state index contributed by atoms with van der Waals surface area (Å²) in [6.07, 6.45) is 53.9. The van der Waals surface area contributed by atoms with E-state index in [1.54, 1.807) is 0 Å². The molecule has 0 heterocycles. The van der Waals surface area contributed by atoms with E-state index in [0.29, 0.717) is 19.3 Å². The standard InChI is InChI=1S/C58H112O6/c1-6-8-9-10-11-12-13-14-15-16-17-18-22-25-28-33-38-43-48-56(59)62-51-55(64-58(61)50-45-40-35-30-31-36-41-46-53(3)4)52-63-57(60)49-44-39-34-29-26-23-20-19-21-24-27-32-37-42-47-54(5)7-2/h53-55H,6-52H2,1-5H3/t54?,55-/m1/s1. The van der Waals surface area contributed by atoms with Crippen LogP contribution in [0.2, 0.25) is 0 Å². The van der Waals surface area contributed by atoms with Crippen molar-refractivity contribution in [1.82, 2.24) is 0 Å². The summed E-state index contributed by atoms with van der Waals surface area (Å²) in [7, 11) is 0. The normalized spacial score (nSPS) is 12.5.